The van der Waals surface area contributed by atoms with Crippen LogP contribution in [0.2, 0.25) is 0 Å². The number of fused-ring (bicyclic) bond motifs is 2. The molecule has 198 valence electrons. The molecule has 2 heterocycles. The maximum atomic E-state index is 14.5. The van der Waals surface area contributed by atoms with Crippen LogP contribution in [0.15, 0.2) is 58.9 Å². The summed E-state index contributed by atoms with van der Waals surface area (Å²) in [6.07, 6.45) is 9.20. The normalized spacial score (nSPS) is 15.1. The zero-order valence-electron chi connectivity index (χ0n) is 22.2. The minimum absolute atomic E-state index is 0.244. The number of amides is 1. The number of nitrogens with zero attached hydrogens (tertiary/aromatic N) is 4. The molecular weight excluding hydrogens is 481 g/mol. The number of hydrogen-bond donors (Lipinski definition) is 1. The van der Waals surface area contributed by atoms with E-state index in [2.05, 4.69) is 46.1 Å². The summed E-state index contributed by atoms with van der Waals surface area (Å²) in [6.45, 7) is 9.90. The van der Waals surface area contributed by atoms with E-state index in [1.807, 2.05) is 37.3 Å². The summed E-state index contributed by atoms with van der Waals surface area (Å²) in [7, 11) is 0. The van der Waals surface area contributed by atoms with Crippen molar-refractivity contribution >= 4 is 41.6 Å². The SMILES string of the molecule is C=N/N=C\C(=C/C)c1ccccn1.CC(C)C1CCc2nc3c(F)cc(C(=O)NCCC=O)cc3cc2C1. The van der Waals surface area contributed by atoms with Gasteiger partial charge in [0.15, 0.2) is 0 Å². The number of allylic oxidation sites excluding steroid dienone is 2. The highest BCUT2D eigenvalue weighted by Gasteiger charge is 2.23. The number of aryl methyl sites for hydroxylation is 1. The highest BCUT2D eigenvalue weighted by molar-refractivity contribution is 6.08. The third kappa shape index (κ3) is 7.47. The van der Waals surface area contributed by atoms with Crippen LogP contribution < -0.4 is 5.32 Å². The van der Waals surface area contributed by atoms with Crippen LogP contribution in [0, 0.1) is 17.7 Å². The van der Waals surface area contributed by atoms with E-state index in [0.29, 0.717) is 22.7 Å². The maximum Gasteiger partial charge on any atom is 0.251 e. The van der Waals surface area contributed by atoms with Gasteiger partial charge in [0.25, 0.3) is 5.91 Å². The quantitative estimate of drug-likeness (QED) is 0.182. The minimum Gasteiger partial charge on any atom is -0.352 e. The van der Waals surface area contributed by atoms with Crippen molar-refractivity contribution in [2.45, 2.75) is 46.5 Å². The van der Waals surface area contributed by atoms with Gasteiger partial charge in [0.1, 0.15) is 17.6 Å². The van der Waals surface area contributed by atoms with Crippen molar-refractivity contribution in [3.8, 4) is 0 Å². The lowest BCUT2D eigenvalue weighted by atomic mass is 9.80. The standard InChI is InChI=1S/C20H23FN2O2.C10H11N3/c1-12(2)13-4-5-18-14(8-13)9-15-10-16(11-17(21)19(15)23-18)20(25)22-6-3-7-24;1-3-9(8-13-11-2)10-6-4-5-7-12-10/h7,9-13H,3-6,8H2,1-2H3,(H,22,25);3-8H,2H2,1H3/b;9-3+,13-8-. The molecule has 38 heavy (non-hydrogen) atoms. The summed E-state index contributed by atoms with van der Waals surface area (Å²) in [6, 6.07) is 10.6. The number of aldehydes is 1. The average Bonchev–Trinajstić information content (AvgIpc) is 2.93. The molecule has 1 aromatic carbocycles. The smallest absolute Gasteiger partial charge is 0.251 e. The van der Waals surface area contributed by atoms with Crippen molar-refractivity contribution in [1.29, 1.82) is 0 Å². The van der Waals surface area contributed by atoms with Gasteiger partial charge in [0.2, 0.25) is 0 Å². The molecule has 8 heteroatoms. The highest BCUT2D eigenvalue weighted by Crippen LogP contribution is 2.32. The van der Waals surface area contributed by atoms with Crippen molar-refractivity contribution in [1.82, 2.24) is 15.3 Å². The zero-order valence-corrected chi connectivity index (χ0v) is 22.2. The third-order valence-corrected chi connectivity index (χ3v) is 6.58. The highest BCUT2D eigenvalue weighted by atomic mass is 19.1. The molecule has 7 nitrogen and oxygen atoms in total. The van der Waals surface area contributed by atoms with Crippen molar-refractivity contribution < 1.29 is 14.0 Å². The van der Waals surface area contributed by atoms with E-state index in [4.69, 9.17) is 0 Å². The van der Waals surface area contributed by atoms with E-state index in [0.717, 1.165) is 48.1 Å². The van der Waals surface area contributed by atoms with Gasteiger partial charge in [0, 0.05) is 48.1 Å². The number of rotatable bonds is 8. The lowest BCUT2D eigenvalue weighted by Crippen LogP contribution is -2.25. The Morgan fingerprint density at radius 3 is 2.76 bits per heavy atom. The molecular formula is C30H34FN5O2. The number of nitrogens with one attached hydrogen (secondary N) is 1. The Hall–Kier alpha value is -4.07. The topological polar surface area (TPSA) is 96.7 Å². The molecule has 0 bridgehead atoms. The molecule has 1 aliphatic carbocycles. The summed E-state index contributed by atoms with van der Waals surface area (Å²) in [4.78, 5) is 31.2. The van der Waals surface area contributed by atoms with E-state index in [9.17, 15) is 14.0 Å². The fourth-order valence-corrected chi connectivity index (χ4v) is 4.40. The number of benzene rings is 1. The molecule has 0 fully saturated rings. The first-order valence-electron chi connectivity index (χ1n) is 12.8. The van der Waals surface area contributed by atoms with Crippen LogP contribution >= 0.6 is 0 Å². The van der Waals surface area contributed by atoms with Crippen LogP contribution in [-0.2, 0) is 17.6 Å². The van der Waals surface area contributed by atoms with Crippen LogP contribution in [-0.4, -0.2) is 41.6 Å². The molecule has 1 N–H and O–H groups in total. The summed E-state index contributed by atoms with van der Waals surface area (Å²) < 4.78 is 14.5. The van der Waals surface area contributed by atoms with Gasteiger partial charge in [-0.05, 0) is 73.9 Å². The Labute approximate surface area is 223 Å². The molecule has 0 saturated carbocycles. The number of hydrogen-bond acceptors (Lipinski definition) is 6. The van der Waals surface area contributed by atoms with Crippen molar-refractivity contribution in [3.63, 3.8) is 0 Å². The monoisotopic (exact) mass is 515 g/mol. The number of pyridine rings is 2. The molecule has 3 aromatic rings. The Bertz CT molecular complexity index is 1340. The van der Waals surface area contributed by atoms with E-state index in [-0.39, 0.29) is 24.4 Å². The van der Waals surface area contributed by atoms with Crippen LogP contribution in [0.25, 0.3) is 16.5 Å². The number of aromatic nitrogens is 2. The number of carbonyl (C=O) groups is 2. The van der Waals surface area contributed by atoms with Crippen LogP contribution in [0.3, 0.4) is 0 Å². The first kappa shape index (κ1) is 28.5. The van der Waals surface area contributed by atoms with E-state index in [1.165, 1.54) is 6.07 Å². The summed E-state index contributed by atoms with van der Waals surface area (Å²) in [5, 5.41) is 10.4. The molecule has 1 atom stereocenters. The summed E-state index contributed by atoms with van der Waals surface area (Å²) in [5.74, 6) is 0.370. The van der Waals surface area contributed by atoms with E-state index < -0.39 is 5.82 Å². The summed E-state index contributed by atoms with van der Waals surface area (Å²) >= 11 is 0. The molecule has 1 amide bonds. The molecule has 0 saturated heterocycles. The molecule has 1 unspecified atom stereocenters. The van der Waals surface area contributed by atoms with E-state index >= 15 is 0 Å². The van der Waals surface area contributed by atoms with Crippen molar-refractivity contribution in [2.24, 2.45) is 22.0 Å². The molecule has 0 radical (unpaired) electrons. The first-order chi connectivity index (χ1) is 18.4. The predicted molar refractivity (Wildman–Crippen MR) is 151 cm³/mol. The lowest BCUT2D eigenvalue weighted by Gasteiger charge is -2.27. The van der Waals surface area contributed by atoms with Crippen LogP contribution in [0.5, 0.6) is 0 Å². The van der Waals surface area contributed by atoms with Gasteiger partial charge in [-0.25, -0.2) is 9.37 Å². The Morgan fingerprint density at radius 2 is 2.11 bits per heavy atom. The number of halogens is 1. The molecule has 2 aromatic heterocycles. The van der Waals surface area contributed by atoms with Crippen molar-refractivity contribution in [2.75, 3.05) is 6.54 Å². The summed E-state index contributed by atoms with van der Waals surface area (Å²) in [5.41, 5.74) is 4.55. The van der Waals surface area contributed by atoms with Gasteiger partial charge in [-0.15, -0.1) is 0 Å². The minimum atomic E-state index is -0.480. The Morgan fingerprint density at radius 1 is 1.29 bits per heavy atom. The van der Waals surface area contributed by atoms with Gasteiger partial charge in [-0.1, -0.05) is 26.0 Å². The second-order valence-corrected chi connectivity index (χ2v) is 9.43. The predicted octanol–water partition coefficient (Wildman–Crippen LogP) is 5.62. The van der Waals surface area contributed by atoms with Crippen LogP contribution in [0.4, 0.5) is 4.39 Å². The Balaban J connectivity index is 0.000000260. The maximum absolute atomic E-state index is 14.5. The van der Waals surface area contributed by atoms with Gasteiger partial charge in [-0.3, -0.25) is 9.78 Å². The van der Waals surface area contributed by atoms with Gasteiger partial charge < -0.3 is 10.1 Å². The lowest BCUT2D eigenvalue weighted by molar-refractivity contribution is -0.107. The third-order valence-electron chi connectivity index (χ3n) is 6.58. The fraction of sp³-hybridized carbons (Fsp3) is 0.333. The number of carbonyl (C=O) groups excluding carboxylic acids is 2. The van der Waals surface area contributed by atoms with Gasteiger partial charge >= 0.3 is 0 Å². The van der Waals surface area contributed by atoms with Gasteiger partial charge in [0.05, 0.1) is 11.9 Å². The molecule has 0 aliphatic heterocycles. The second kappa shape index (κ2) is 14.0. The second-order valence-electron chi connectivity index (χ2n) is 9.43. The average molecular weight is 516 g/mol. The zero-order chi connectivity index (χ0) is 27.5. The first-order valence-corrected chi connectivity index (χ1v) is 12.8. The largest absolute Gasteiger partial charge is 0.352 e. The van der Waals surface area contributed by atoms with Crippen LogP contribution in [0.1, 0.15) is 60.9 Å². The van der Waals surface area contributed by atoms with Gasteiger partial charge in [-0.2, -0.15) is 10.2 Å². The van der Waals surface area contributed by atoms with E-state index in [1.54, 1.807) is 18.5 Å². The molecule has 4 rings (SSSR count). The Kier molecular flexibility index (Phi) is 10.5. The molecule has 0 spiro atoms. The fourth-order valence-electron chi connectivity index (χ4n) is 4.40. The van der Waals surface area contributed by atoms with Crippen molar-refractivity contribution in [3.05, 3.63) is 77.0 Å². The molecule has 1 aliphatic rings.